The Morgan fingerprint density at radius 1 is 1.20 bits per heavy atom. The molecule has 0 aromatic rings. The van der Waals surface area contributed by atoms with Gasteiger partial charge in [0.15, 0.2) is 0 Å². The van der Waals surface area contributed by atoms with Gasteiger partial charge in [0.1, 0.15) is 0 Å². The zero-order valence-corrected chi connectivity index (χ0v) is 9.76. The van der Waals surface area contributed by atoms with Crippen LogP contribution in [0.15, 0.2) is 0 Å². The maximum Gasteiger partial charge on any atom is 0.227 e. The topological polar surface area (TPSA) is 32.3 Å². The number of carbonyl (C=O) groups excluding carboxylic acids is 1. The molecular formula is C11H18N2OS. The number of nitrogens with one attached hydrogen (secondary N) is 1. The number of carbonyl (C=O) groups is 1. The zero-order chi connectivity index (χ0) is 10.3. The molecule has 3 nitrogen and oxygen atoms in total. The summed E-state index contributed by atoms with van der Waals surface area (Å²) in [4.78, 5) is 14.6. The van der Waals surface area contributed by atoms with Gasteiger partial charge in [-0.2, -0.15) is 11.8 Å². The summed E-state index contributed by atoms with van der Waals surface area (Å²) in [6.07, 6.45) is 3.53. The Balaban J connectivity index is 1.73. The Morgan fingerprint density at radius 2 is 1.93 bits per heavy atom. The minimum Gasteiger partial charge on any atom is -0.334 e. The molecule has 3 aliphatic heterocycles. The van der Waals surface area contributed by atoms with E-state index in [0.29, 0.717) is 23.9 Å². The number of hydrogen-bond acceptors (Lipinski definition) is 3. The van der Waals surface area contributed by atoms with Gasteiger partial charge >= 0.3 is 0 Å². The van der Waals surface area contributed by atoms with Crippen LogP contribution in [0.2, 0.25) is 0 Å². The van der Waals surface area contributed by atoms with Crippen LogP contribution in [-0.2, 0) is 4.79 Å². The predicted molar refractivity (Wildman–Crippen MR) is 62.0 cm³/mol. The van der Waals surface area contributed by atoms with Crippen LogP contribution in [0.25, 0.3) is 0 Å². The maximum absolute atomic E-state index is 12.3. The summed E-state index contributed by atoms with van der Waals surface area (Å²) in [6.45, 7) is 2.03. The van der Waals surface area contributed by atoms with E-state index in [9.17, 15) is 4.79 Å². The normalized spacial score (nSPS) is 39.7. The van der Waals surface area contributed by atoms with E-state index in [1.165, 1.54) is 18.6 Å². The van der Waals surface area contributed by atoms with Crippen molar-refractivity contribution >= 4 is 17.7 Å². The van der Waals surface area contributed by atoms with Gasteiger partial charge in [-0.05, 0) is 25.0 Å². The summed E-state index contributed by atoms with van der Waals surface area (Å²) in [5.74, 6) is 3.02. The average molecular weight is 226 g/mol. The molecular weight excluding hydrogens is 208 g/mol. The molecule has 2 bridgehead atoms. The highest BCUT2D eigenvalue weighted by Crippen LogP contribution is 2.32. The molecule has 0 spiro atoms. The van der Waals surface area contributed by atoms with E-state index in [4.69, 9.17) is 0 Å². The number of nitrogens with zero attached hydrogens (tertiary/aromatic N) is 1. The van der Waals surface area contributed by atoms with E-state index in [-0.39, 0.29) is 0 Å². The van der Waals surface area contributed by atoms with E-state index >= 15 is 0 Å². The summed E-state index contributed by atoms with van der Waals surface area (Å²) in [6, 6.07) is 1.00. The molecule has 0 aromatic carbocycles. The van der Waals surface area contributed by atoms with Crippen LogP contribution in [0.1, 0.15) is 19.3 Å². The third-order valence-electron chi connectivity index (χ3n) is 3.91. The summed E-state index contributed by atoms with van der Waals surface area (Å²) in [5, 5.41) is 3.42. The van der Waals surface area contributed by atoms with Crippen LogP contribution in [-0.4, -0.2) is 47.5 Å². The highest BCUT2D eigenvalue weighted by atomic mass is 32.2. The van der Waals surface area contributed by atoms with Gasteiger partial charge < -0.3 is 10.2 Å². The molecule has 15 heavy (non-hydrogen) atoms. The highest BCUT2D eigenvalue weighted by Gasteiger charge is 2.42. The fourth-order valence-electron chi connectivity index (χ4n) is 3.08. The van der Waals surface area contributed by atoms with Crippen molar-refractivity contribution in [2.24, 2.45) is 5.92 Å². The first-order valence-corrected chi connectivity index (χ1v) is 7.12. The van der Waals surface area contributed by atoms with Crippen molar-refractivity contribution in [3.63, 3.8) is 0 Å². The fraction of sp³-hybridized carbons (Fsp3) is 0.909. The van der Waals surface area contributed by atoms with E-state index in [1.807, 2.05) is 11.8 Å². The molecule has 3 heterocycles. The van der Waals surface area contributed by atoms with E-state index < -0.39 is 0 Å². The van der Waals surface area contributed by atoms with Gasteiger partial charge in [-0.3, -0.25) is 4.79 Å². The van der Waals surface area contributed by atoms with Gasteiger partial charge in [-0.1, -0.05) is 0 Å². The number of amides is 1. The molecule has 0 radical (unpaired) electrons. The van der Waals surface area contributed by atoms with Crippen molar-refractivity contribution in [3.8, 4) is 0 Å². The predicted octanol–water partition coefficient (Wildman–Crippen LogP) is 0.702. The molecule has 3 saturated heterocycles. The smallest absolute Gasteiger partial charge is 0.227 e. The summed E-state index contributed by atoms with van der Waals surface area (Å²) in [5.41, 5.74) is 0. The SMILES string of the molecule is O=C(C1CCSC1)N1C2CCC1CNC2. The third kappa shape index (κ3) is 1.68. The van der Waals surface area contributed by atoms with Crippen molar-refractivity contribution < 1.29 is 4.79 Å². The second-order valence-electron chi connectivity index (χ2n) is 4.85. The number of hydrogen-bond donors (Lipinski definition) is 1. The molecule has 1 N–H and O–H groups in total. The maximum atomic E-state index is 12.3. The minimum atomic E-state index is 0.330. The van der Waals surface area contributed by atoms with Crippen molar-refractivity contribution in [2.45, 2.75) is 31.3 Å². The molecule has 3 aliphatic rings. The molecule has 0 aliphatic carbocycles. The van der Waals surface area contributed by atoms with E-state index in [2.05, 4.69) is 10.2 Å². The van der Waals surface area contributed by atoms with Gasteiger partial charge in [-0.25, -0.2) is 0 Å². The lowest BCUT2D eigenvalue weighted by Crippen LogP contribution is -2.55. The second-order valence-corrected chi connectivity index (χ2v) is 6.00. The van der Waals surface area contributed by atoms with Crippen LogP contribution in [0.3, 0.4) is 0 Å². The second kappa shape index (κ2) is 3.98. The first-order chi connectivity index (χ1) is 7.36. The molecule has 1 amide bonds. The zero-order valence-electron chi connectivity index (χ0n) is 8.95. The lowest BCUT2D eigenvalue weighted by molar-refractivity contribution is -0.138. The Hall–Kier alpha value is -0.220. The third-order valence-corrected chi connectivity index (χ3v) is 5.08. The molecule has 3 unspecified atom stereocenters. The lowest BCUT2D eigenvalue weighted by Gasteiger charge is -2.36. The summed E-state index contributed by atoms with van der Waals surface area (Å²) in [7, 11) is 0. The molecule has 84 valence electrons. The number of thioether (sulfide) groups is 1. The monoisotopic (exact) mass is 226 g/mol. The van der Waals surface area contributed by atoms with Crippen LogP contribution in [0, 0.1) is 5.92 Å². The Kier molecular flexibility index (Phi) is 2.64. The van der Waals surface area contributed by atoms with Gasteiger partial charge in [0, 0.05) is 36.8 Å². The van der Waals surface area contributed by atoms with Crippen LogP contribution < -0.4 is 5.32 Å². The number of fused-ring (bicyclic) bond motifs is 2. The molecule has 3 fully saturated rings. The molecule has 3 rings (SSSR count). The summed E-state index contributed by atoms with van der Waals surface area (Å²) >= 11 is 1.93. The largest absolute Gasteiger partial charge is 0.334 e. The van der Waals surface area contributed by atoms with Crippen LogP contribution in [0.5, 0.6) is 0 Å². The van der Waals surface area contributed by atoms with Crippen molar-refractivity contribution in [1.82, 2.24) is 10.2 Å². The quantitative estimate of drug-likeness (QED) is 0.714. The fourth-order valence-corrected chi connectivity index (χ4v) is 4.29. The Bertz CT molecular complexity index is 249. The Morgan fingerprint density at radius 3 is 2.53 bits per heavy atom. The van der Waals surface area contributed by atoms with Crippen LogP contribution >= 0.6 is 11.8 Å². The van der Waals surface area contributed by atoms with Gasteiger partial charge in [-0.15, -0.1) is 0 Å². The lowest BCUT2D eigenvalue weighted by atomic mass is 10.1. The number of piperazine rings is 1. The van der Waals surface area contributed by atoms with Crippen molar-refractivity contribution in [2.75, 3.05) is 24.6 Å². The van der Waals surface area contributed by atoms with Gasteiger partial charge in [0.05, 0.1) is 0 Å². The number of rotatable bonds is 1. The average Bonchev–Trinajstić information content (AvgIpc) is 2.85. The van der Waals surface area contributed by atoms with Crippen LogP contribution in [0.4, 0.5) is 0 Å². The van der Waals surface area contributed by atoms with E-state index in [1.54, 1.807) is 0 Å². The standard InChI is InChI=1S/C11H18N2OS/c14-11(8-3-4-15-7-8)13-9-1-2-10(13)6-12-5-9/h8-10,12H,1-7H2. The van der Waals surface area contributed by atoms with Gasteiger partial charge in [0.25, 0.3) is 0 Å². The molecule has 3 atom stereocenters. The Labute approximate surface area is 95.0 Å². The first-order valence-electron chi connectivity index (χ1n) is 5.97. The molecule has 0 aromatic heterocycles. The molecule has 4 heteroatoms. The van der Waals surface area contributed by atoms with Crippen molar-refractivity contribution in [1.29, 1.82) is 0 Å². The highest BCUT2D eigenvalue weighted by molar-refractivity contribution is 7.99. The van der Waals surface area contributed by atoms with Crippen molar-refractivity contribution in [3.05, 3.63) is 0 Å². The summed E-state index contributed by atoms with van der Waals surface area (Å²) < 4.78 is 0. The van der Waals surface area contributed by atoms with Gasteiger partial charge in [0.2, 0.25) is 5.91 Å². The van der Waals surface area contributed by atoms with E-state index in [0.717, 1.165) is 25.3 Å². The minimum absolute atomic E-state index is 0.330. The first kappa shape index (κ1) is 9.97. The molecule has 0 saturated carbocycles.